The molecule has 0 unspecified atom stereocenters. The van der Waals surface area contributed by atoms with Gasteiger partial charge in [-0.25, -0.2) is 0 Å². The number of aryl methyl sites for hydroxylation is 1. The lowest BCUT2D eigenvalue weighted by Crippen LogP contribution is -2.16. The average molecular weight is 743 g/mol. The second kappa shape index (κ2) is 13.2. The molecule has 0 amide bonds. The second-order valence-electron chi connectivity index (χ2n) is 16.2. The molecule has 0 spiro atoms. The summed E-state index contributed by atoms with van der Waals surface area (Å²) in [5.41, 5.74) is 17.3. The monoisotopic (exact) mass is 742 g/mol. The Morgan fingerprint density at radius 3 is 1.71 bits per heavy atom. The Kier molecular flexibility index (Phi) is 7.78. The van der Waals surface area contributed by atoms with Crippen LogP contribution in [0.25, 0.3) is 77.1 Å². The van der Waals surface area contributed by atoms with Crippen LogP contribution < -0.4 is 4.90 Å². The predicted molar refractivity (Wildman–Crippen MR) is 246 cm³/mol. The molecule has 1 heterocycles. The molecule has 0 radical (unpaired) electrons. The van der Waals surface area contributed by atoms with Crippen LogP contribution >= 0.6 is 0 Å². The molecule has 0 bridgehead atoms. The number of aromatic nitrogens is 1. The maximum absolute atomic E-state index is 2.42. The van der Waals surface area contributed by atoms with Crippen LogP contribution in [-0.4, -0.2) is 4.57 Å². The van der Waals surface area contributed by atoms with Gasteiger partial charge in [0.05, 0.1) is 11.2 Å². The molecule has 10 aromatic rings. The Balaban J connectivity index is 1.09. The Morgan fingerprint density at radius 2 is 0.948 bits per heavy atom. The van der Waals surface area contributed by atoms with E-state index in [0.717, 1.165) is 17.1 Å². The van der Waals surface area contributed by atoms with E-state index < -0.39 is 0 Å². The van der Waals surface area contributed by atoms with Crippen LogP contribution in [0.15, 0.2) is 200 Å². The van der Waals surface area contributed by atoms with Gasteiger partial charge >= 0.3 is 0 Å². The van der Waals surface area contributed by atoms with Crippen LogP contribution in [0.2, 0.25) is 0 Å². The van der Waals surface area contributed by atoms with E-state index in [1.807, 2.05) is 0 Å². The molecule has 276 valence electrons. The number of fused-ring (bicyclic) bond motifs is 7. The van der Waals surface area contributed by atoms with Crippen molar-refractivity contribution in [1.29, 1.82) is 0 Å². The maximum Gasteiger partial charge on any atom is 0.0574 e. The average Bonchev–Trinajstić information content (AvgIpc) is 3.70. The number of nitrogens with zero attached hydrogens (tertiary/aromatic N) is 2. The molecule has 11 rings (SSSR count). The Hall–Kier alpha value is -7.16. The van der Waals surface area contributed by atoms with Gasteiger partial charge in [0, 0.05) is 51.4 Å². The molecule has 0 saturated carbocycles. The van der Waals surface area contributed by atoms with Crippen molar-refractivity contribution >= 4 is 49.5 Å². The molecule has 0 saturated heterocycles. The molecule has 2 nitrogen and oxygen atoms in total. The highest BCUT2D eigenvalue weighted by atomic mass is 15.1. The first-order valence-electron chi connectivity index (χ1n) is 20.2. The van der Waals surface area contributed by atoms with Gasteiger partial charge in [0.1, 0.15) is 0 Å². The van der Waals surface area contributed by atoms with Crippen molar-refractivity contribution in [2.75, 3.05) is 4.90 Å². The largest absolute Gasteiger partial charge is 0.343 e. The number of anilines is 3. The molecule has 0 fully saturated rings. The summed E-state index contributed by atoms with van der Waals surface area (Å²) < 4.78 is 2.42. The highest BCUT2D eigenvalue weighted by molar-refractivity contribution is 6.16. The van der Waals surface area contributed by atoms with Crippen molar-refractivity contribution in [2.24, 2.45) is 7.05 Å². The van der Waals surface area contributed by atoms with Gasteiger partial charge in [0.15, 0.2) is 0 Å². The highest BCUT2D eigenvalue weighted by Crippen LogP contribution is 2.51. The van der Waals surface area contributed by atoms with Crippen LogP contribution in [0.4, 0.5) is 17.1 Å². The Labute approximate surface area is 339 Å². The van der Waals surface area contributed by atoms with Crippen molar-refractivity contribution in [1.82, 2.24) is 4.57 Å². The van der Waals surface area contributed by atoms with Gasteiger partial charge in [-0.15, -0.1) is 0 Å². The summed E-state index contributed by atoms with van der Waals surface area (Å²) in [5, 5.41) is 6.26. The van der Waals surface area contributed by atoms with E-state index in [1.165, 1.54) is 88.2 Å². The van der Waals surface area contributed by atoms with Crippen LogP contribution in [0.1, 0.15) is 25.0 Å². The van der Waals surface area contributed by atoms with Crippen LogP contribution in [-0.2, 0) is 12.5 Å². The standard InChI is InChI=1S/C56H42N2/c1-56(2)51-23-12-11-21-47(51)48-35-33-44(36-52(48)56)58(42-29-24-38(25-30-42)37-14-5-4-6-15-37)43-31-26-41(27-32-43)53-50-34-28-40-17-8-10-20-46(40)54(50)57(3)55(53)49-22-13-18-39-16-7-9-19-45(39)49/h4-36H,1-3H3. The van der Waals surface area contributed by atoms with E-state index in [2.05, 4.69) is 231 Å². The van der Waals surface area contributed by atoms with Gasteiger partial charge in [-0.3, -0.25) is 0 Å². The molecule has 0 N–H and O–H groups in total. The van der Waals surface area contributed by atoms with Crippen molar-refractivity contribution in [3.63, 3.8) is 0 Å². The third kappa shape index (κ3) is 5.26. The summed E-state index contributed by atoms with van der Waals surface area (Å²) >= 11 is 0. The molecule has 9 aromatic carbocycles. The lowest BCUT2D eigenvalue weighted by Gasteiger charge is -2.28. The van der Waals surface area contributed by atoms with Gasteiger partial charge in [0.25, 0.3) is 0 Å². The number of hydrogen-bond donors (Lipinski definition) is 0. The fraction of sp³-hybridized carbons (Fsp3) is 0.0714. The summed E-state index contributed by atoms with van der Waals surface area (Å²) in [6, 6.07) is 73.6. The molecular formula is C56H42N2. The van der Waals surface area contributed by atoms with Gasteiger partial charge < -0.3 is 9.47 Å². The number of hydrogen-bond acceptors (Lipinski definition) is 1. The zero-order valence-electron chi connectivity index (χ0n) is 32.9. The normalized spacial score (nSPS) is 12.9. The molecule has 0 atom stereocenters. The van der Waals surface area contributed by atoms with Gasteiger partial charge in [-0.2, -0.15) is 0 Å². The lowest BCUT2D eigenvalue weighted by molar-refractivity contribution is 0.660. The highest BCUT2D eigenvalue weighted by Gasteiger charge is 2.35. The van der Waals surface area contributed by atoms with Crippen molar-refractivity contribution in [2.45, 2.75) is 19.3 Å². The van der Waals surface area contributed by atoms with E-state index in [-0.39, 0.29) is 5.41 Å². The minimum absolute atomic E-state index is 0.106. The molecule has 1 aliphatic carbocycles. The minimum Gasteiger partial charge on any atom is -0.343 e. The van der Waals surface area contributed by atoms with Gasteiger partial charge in [-0.1, -0.05) is 178 Å². The molecule has 58 heavy (non-hydrogen) atoms. The van der Waals surface area contributed by atoms with Crippen molar-refractivity contribution in [3.05, 3.63) is 211 Å². The zero-order chi connectivity index (χ0) is 39.0. The van der Waals surface area contributed by atoms with E-state index >= 15 is 0 Å². The Morgan fingerprint density at radius 1 is 0.397 bits per heavy atom. The lowest BCUT2D eigenvalue weighted by atomic mass is 9.82. The fourth-order valence-electron chi connectivity index (χ4n) is 9.75. The van der Waals surface area contributed by atoms with Gasteiger partial charge in [-0.05, 0) is 91.5 Å². The third-order valence-electron chi connectivity index (χ3n) is 12.6. The first kappa shape index (κ1) is 34.1. The molecular weight excluding hydrogens is 701 g/mol. The molecule has 1 aromatic heterocycles. The molecule has 2 heteroatoms. The second-order valence-corrected chi connectivity index (χ2v) is 16.2. The van der Waals surface area contributed by atoms with E-state index in [0.29, 0.717) is 0 Å². The predicted octanol–water partition coefficient (Wildman–Crippen LogP) is 15.3. The maximum atomic E-state index is 2.42. The quantitative estimate of drug-likeness (QED) is 0.165. The number of benzene rings is 9. The summed E-state index contributed by atoms with van der Waals surface area (Å²) in [7, 11) is 2.23. The van der Waals surface area contributed by atoms with Crippen LogP contribution in [0.5, 0.6) is 0 Å². The molecule has 0 aliphatic heterocycles. The minimum atomic E-state index is -0.106. The van der Waals surface area contributed by atoms with E-state index in [9.17, 15) is 0 Å². The Bertz CT molecular complexity index is 3180. The van der Waals surface area contributed by atoms with E-state index in [1.54, 1.807) is 0 Å². The summed E-state index contributed by atoms with van der Waals surface area (Å²) in [4.78, 5) is 2.42. The SMILES string of the molecule is Cn1c(-c2cccc3ccccc23)c(-c2ccc(N(c3ccc(-c4ccccc4)cc3)c3ccc4c(c3)C(C)(C)c3ccccc3-4)cc2)c2ccc3ccccc3c21. The molecule has 1 aliphatic rings. The zero-order valence-corrected chi connectivity index (χ0v) is 32.9. The summed E-state index contributed by atoms with van der Waals surface area (Å²) in [5.74, 6) is 0. The first-order chi connectivity index (χ1) is 28.5. The third-order valence-corrected chi connectivity index (χ3v) is 12.6. The van der Waals surface area contributed by atoms with Crippen molar-refractivity contribution in [3.8, 4) is 44.6 Å². The topological polar surface area (TPSA) is 8.17 Å². The fourth-order valence-corrected chi connectivity index (χ4v) is 9.75. The smallest absolute Gasteiger partial charge is 0.0574 e. The summed E-state index contributed by atoms with van der Waals surface area (Å²) in [6.45, 7) is 4.71. The van der Waals surface area contributed by atoms with E-state index in [4.69, 9.17) is 0 Å². The van der Waals surface area contributed by atoms with Crippen LogP contribution in [0, 0.1) is 0 Å². The first-order valence-corrected chi connectivity index (χ1v) is 20.2. The van der Waals surface area contributed by atoms with Gasteiger partial charge in [0.2, 0.25) is 0 Å². The van der Waals surface area contributed by atoms with Crippen molar-refractivity contribution < 1.29 is 0 Å². The van der Waals surface area contributed by atoms with Crippen LogP contribution in [0.3, 0.4) is 0 Å². The number of rotatable bonds is 6. The summed E-state index contributed by atoms with van der Waals surface area (Å²) in [6.07, 6.45) is 0.